The van der Waals surface area contributed by atoms with Crippen molar-refractivity contribution in [3.63, 3.8) is 0 Å². The van der Waals surface area contributed by atoms with E-state index in [1.54, 1.807) is 31.2 Å². The zero-order valence-electron chi connectivity index (χ0n) is 15.9. The number of alkyl halides is 3. The molecule has 30 heavy (non-hydrogen) atoms. The van der Waals surface area contributed by atoms with Gasteiger partial charge in [-0.05, 0) is 25.1 Å². The number of benzene rings is 1. The number of hydrogen-bond acceptors (Lipinski definition) is 5. The van der Waals surface area contributed by atoms with E-state index in [1.807, 2.05) is 6.07 Å². The highest BCUT2D eigenvalue weighted by atomic mass is 19.4. The quantitative estimate of drug-likeness (QED) is 0.792. The second-order valence-electron chi connectivity index (χ2n) is 6.39. The number of carbonyl (C=O) groups is 2. The molecule has 0 aliphatic carbocycles. The molecule has 1 fully saturated rings. The van der Waals surface area contributed by atoms with Crippen LogP contribution in [0.25, 0.3) is 0 Å². The van der Waals surface area contributed by atoms with Gasteiger partial charge in [0, 0.05) is 30.9 Å². The molecule has 2 heterocycles. The van der Waals surface area contributed by atoms with Gasteiger partial charge in [-0.15, -0.1) is 13.2 Å². The number of halogens is 3. The highest BCUT2D eigenvalue weighted by Crippen LogP contribution is 2.24. The summed E-state index contributed by atoms with van der Waals surface area (Å²) in [5, 5.41) is 5.65. The molecule has 0 saturated carbocycles. The Labute approximate surface area is 169 Å². The Balaban J connectivity index is 1.83. The molecule has 8 nitrogen and oxygen atoms in total. The number of nitrogens with one attached hydrogen (secondary N) is 1. The number of likely N-dealkylation sites (tertiary alicyclic amines) is 1. The maximum Gasteiger partial charge on any atom is 0.504 e. The van der Waals surface area contributed by atoms with E-state index >= 15 is 0 Å². The molecule has 11 heteroatoms. The van der Waals surface area contributed by atoms with Crippen LogP contribution in [-0.4, -0.2) is 44.9 Å². The summed E-state index contributed by atoms with van der Waals surface area (Å²) in [6, 6.07) is 8.88. The van der Waals surface area contributed by atoms with Crippen LogP contribution in [-0.2, 0) is 11.1 Å². The molecule has 0 bridgehead atoms. The number of aliphatic imine (C=N–C) groups is 1. The summed E-state index contributed by atoms with van der Waals surface area (Å²) >= 11 is 0. The van der Waals surface area contributed by atoms with Crippen molar-refractivity contribution in [3.05, 3.63) is 60.1 Å². The third-order valence-corrected chi connectivity index (χ3v) is 4.43. The second kappa shape index (κ2) is 8.39. The minimum Gasteiger partial charge on any atom is -0.404 e. The van der Waals surface area contributed by atoms with Crippen molar-refractivity contribution < 1.29 is 22.8 Å². The van der Waals surface area contributed by atoms with E-state index in [1.165, 1.54) is 11.1 Å². The first-order valence-electron chi connectivity index (χ1n) is 9.04. The summed E-state index contributed by atoms with van der Waals surface area (Å²) < 4.78 is 37.7. The number of carbonyl (C=O) groups excluding carboxylic acids is 2. The van der Waals surface area contributed by atoms with Gasteiger partial charge in [-0.1, -0.05) is 18.2 Å². The Bertz CT molecular complexity index is 997. The molecule has 1 aliphatic rings. The zero-order chi connectivity index (χ0) is 21.9. The van der Waals surface area contributed by atoms with Gasteiger partial charge in [-0.3, -0.25) is 14.5 Å². The molecule has 1 aliphatic heterocycles. The lowest BCUT2D eigenvalue weighted by molar-refractivity contribution is -0.212. The molecule has 3 N–H and O–H groups in total. The van der Waals surface area contributed by atoms with Crippen molar-refractivity contribution in [3.8, 4) is 0 Å². The van der Waals surface area contributed by atoms with E-state index in [4.69, 9.17) is 5.73 Å². The monoisotopic (exact) mass is 420 g/mol. The molecule has 1 atom stereocenters. The number of amidine groups is 1. The summed E-state index contributed by atoms with van der Waals surface area (Å²) in [5.74, 6) is -0.975. The fourth-order valence-corrected chi connectivity index (χ4v) is 3.00. The van der Waals surface area contributed by atoms with Gasteiger partial charge < -0.3 is 11.1 Å². The lowest BCUT2D eigenvalue weighted by atomic mass is 9.98. The number of para-hydroxylation sites is 1. The molecule has 158 valence electrons. The summed E-state index contributed by atoms with van der Waals surface area (Å²) in [4.78, 5) is 31.1. The highest BCUT2D eigenvalue weighted by molar-refractivity contribution is 6.13. The Kier molecular flexibility index (Phi) is 5.90. The van der Waals surface area contributed by atoms with Crippen LogP contribution in [0.1, 0.15) is 23.8 Å². The standard InChI is InChI=1S/C19H19F3N6O2/c1-2-27-16(24-13-6-4-3-5-7-13)12(11-23)10-15(18(27)30)25-17(29)14-8-9-28(26-14)19(20,21)22/h3-9,11,15H,2,10,23H2,1H3,(H,25,29)/b12-11-,24-16?. The van der Waals surface area contributed by atoms with Crippen molar-refractivity contribution in [2.24, 2.45) is 10.7 Å². The summed E-state index contributed by atoms with van der Waals surface area (Å²) in [7, 11) is 0. The molecule has 1 unspecified atom stereocenters. The van der Waals surface area contributed by atoms with Gasteiger partial charge in [0.25, 0.3) is 11.8 Å². The maximum atomic E-state index is 12.9. The van der Waals surface area contributed by atoms with E-state index < -0.39 is 29.9 Å². The van der Waals surface area contributed by atoms with Crippen molar-refractivity contribution in [2.75, 3.05) is 6.54 Å². The molecule has 2 aromatic rings. The lowest BCUT2D eigenvalue weighted by Gasteiger charge is -2.34. The molecular formula is C19H19F3N6O2. The van der Waals surface area contributed by atoms with E-state index in [-0.39, 0.29) is 17.6 Å². The van der Waals surface area contributed by atoms with Crippen LogP contribution in [0.5, 0.6) is 0 Å². The van der Waals surface area contributed by atoms with E-state index in [2.05, 4.69) is 15.4 Å². The summed E-state index contributed by atoms with van der Waals surface area (Å²) in [6.07, 6.45) is -2.76. The van der Waals surface area contributed by atoms with Crippen LogP contribution in [0.4, 0.5) is 18.9 Å². The number of rotatable bonds is 4. The van der Waals surface area contributed by atoms with Crippen LogP contribution in [0, 0.1) is 0 Å². The van der Waals surface area contributed by atoms with Crippen molar-refractivity contribution >= 4 is 23.3 Å². The molecule has 1 aromatic carbocycles. The second-order valence-corrected chi connectivity index (χ2v) is 6.39. The minimum absolute atomic E-state index is 0.0449. The van der Waals surface area contributed by atoms with Gasteiger partial charge in [-0.25, -0.2) is 4.99 Å². The first-order valence-corrected chi connectivity index (χ1v) is 9.04. The van der Waals surface area contributed by atoms with Gasteiger partial charge >= 0.3 is 6.30 Å². The van der Waals surface area contributed by atoms with Crippen LogP contribution in [0.3, 0.4) is 0 Å². The third kappa shape index (κ3) is 4.34. The number of amides is 2. The van der Waals surface area contributed by atoms with Crippen LogP contribution in [0.15, 0.2) is 59.4 Å². The molecular weight excluding hydrogens is 401 g/mol. The first-order chi connectivity index (χ1) is 14.2. The minimum atomic E-state index is -4.74. The van der Waals surface area contributed by atoms with Gasteiger partial charge in [0.15, 0.2) is 0 Å². The SMILES string of the molecule is CCN1C(=O)C(NC(=O)c2ccn(C(F)(F)F)n2)C/C(=C/N)C1=Nc1ccccc1. The van der Waals surface area contributed by atoms with E-state index in [9.17, 15) is 22.8 Å². The maximum absolute atomic E-state index is 12.9. The Hall–Kier alpha value is -3.63. The van der Waals surface area contributed by atoms with E-state index in [0.29, 0.717) is 23.3 Å². The number of nitrogens with two attached hydrogens (primary N) is 1. The van der Waals surface area contributed by atoms with Crippen LogP contribution < -0.4 is 11.1 Å². The third-order valence-electron chi connectivity index (χ3n) is 4.43. The highest BCUT2D eigenvalue weighted by Gasteiger charge is 2.37. The lowest BCUT2D eigenvalue weighted by Crippen LogP contribution is -2.55. The predicted molar refractivity (Wildman–Crippen MR) is 103 cm³/mol. The largest absolute Gasteiger partial charge is 0.504 e. The molecule has 3 rings (SSSR count). The average molecular weight is 420 g/mol. The van der Waals surface area contributed by atoms with Crippen LogP contribution >= 0.6 is 0 Å². The number of nitrogens with zero attached hydrogens (tertiary/aromatic N) is 4. The topological polar surface area (TPSA) is 106 Å². The molecule has 1 aromatic heterocycles. The van der Waals surface area contributed by atoms with Crippen LogP contribution in [0.2, 0.25) is 0 Å². The van der Waals surface area contributed by atoms with Crippen molar-refractivity contribution in [1.29, 1.82) is 0 Å². The average Bonchev–Trinajstić information content (AvgIpc) is 3.22. The Morgan fingerprint density at radius 1 is 1.33 bits per heavy atom. The Morgan fingerprint density at radius 3 is 2.60 bits per heavy atom. The van der Waals surface area contributed by atoms with Gasteiger partial charge in [-0.2, -0.15) is 9.78 Å². The zero-order valence-corrected chi connectivity index (χ0v) is 15.9. The van der Waals surface area contributed by atoms with Crippen molar-refractivity contribution in [1.82, 2.24) is 20.0 Å². The van der Waals surface area contributed by atoms with Gasteiger partial charge in [0.2, 0.25) is 0 Å². The molecule has 0 radical (unpaired) electrons. The molecule has 1 saturated heterocycles. The predicted octanol–water partition coefficient (Wildman–Crippen LogP) is 2.28. The first kappa shape index (κ1) is 21.1. The normalized spacial score (nSPS) is 20.1. The molecule has 2 amide bonds. The fourth-order valence-electron chi connectivity index (χ4n) is 3.00. The fraction of sp³-hybridized carbons (Fsp3) is 0.263. The number of piperidine rings is 1. The Morgan fingerprint density at radius 2 is 2.03 bits per heavy atom. The number of aromatic nitrogens is 2. The number of likely N-dealkylation sites (N-methyl/N-ethyl adjacent to an activating group) is 1. The number of hydrogen-bond donors (Lipinski definition) is 2. The summed E-state index contributed by atoms with van der Waals surface area (Å²) in [5.41, 5.74) is 6.42. The molecule has 0 spiro atoms. The smallest absolute Gasteiger partial charge is 0.404 e. The summed E-state index contributed by atoms with van der Waals surface area (Å²) in [6.45, 7) is 2.00. The van der Waals surface area contributed by atoms with Gasteiger partial charge in [0.05, 0.1) is 5.69 Å². The van der Waals surface area contributed by atoms with Crippen molar-refractivity contribution in [2.45, 2.75) is 25.7 Å². The van der Waals surface area contributed by atoms with Gasteiger partial charge in [0.1, 0.15) is 17.6 Å². The van der Waals surface area contributed by atoms with E-state index in [0.717, 1.165) is 6.07 Å².